The third-order valence-electron chi connectivity index (χ3n) is 5.23. The van der Waals surface area contributed by atoms with Gasteiger partial charge in [0.15, 0.2) is 5.96 Å². The molecule has 0 unspecified atom stereocenters. The smallest absolute Gasteiger partial charge is 0.191 e. The highest BCUT2D eigenvalue weighted by molar-refractivity contribution is 14.0. The number of nitrogens with one attached hydrogen (secondary N) is 2. The van der Waals surface area contributed by atoms with Crippen molar-refractivity contribution in [3.63, 3.8) is 0 Å². The molecule has 0 spiro atoms. The predicted octanol–water partition coefficient (Wildman–Crippen LogP) is 3.57. The molecule has 1 aliphatic rings. The summed E-state index contributed by atoms with van der Waals surface area (Å²) in [6.07, 6.45) is 10.2. The third kappa shape index (κ3) is 7.60. The largest absolute Gasteiger partial charge is 0.376 e. The number of aryl methyl sites for hydroxylation is 2. The normalized spacial score (nSPS) is 15.9. The van der Waals surface area contributed by atoms with Crippen LogP contribution >= 0.6 is 24.0 Å². The minimum absolute atomic E-state index is 0. The first kappa shape index (κ1) is 24.2. The summed E-state index contributed by atoms with van der Waals surface area (Å²) in [5.74, 6) is 0.822. The first-order valence-corrected chi connectivity index (χ1v) is 10.3. The van der Waals surface area contributed by atoms with Gasteiger partial charge in [0.2, 0.25) is 0 Å². The Balaban J connectivity index is 0.00000364. The fourth-order valence-electron chi connectivity index (χ4n) is 3.79. The van der Waals surface area contributed by atoms with E-state index in [4.69, 9.17) is 4.74 Å². The number of hydrogen-bond donors (Lipinski definition) is 2. The summed E-state index contributed by atoms with van der Waals surface area (Å²) in [5.41, 5.74) is 3.76. The van der Waals surface area contributed by atoms with Crippen LogP contribution < -0.4 is 10.6 Å². The molecule has 0 aliphatic heterocycles. The molecule has 1 aliphatic carbocycles. The lowest BCUT2D eigenvalue weighted by Gasteiger charge is -2.17. The van der Waals surface area contributed by atoms with Crippen molar-refractivity contribution in [2.45, 2.75) is 77.9 Å². The van der Waals surface area contributed by atoms with Gasteiger partial charge in [-0.2, -0.15) is 5.10 Å². The van der Waals surface area contributed by atoms with Gasteiger partial charge >= 0.3 is 0 Å². The molecule has 0 atom stereocenters. The molecule has 6 nitrogen and oxygen atoms in total. The van der Waals surface area contributed by atoms with Gasteiger partial charge in [-0.1, -0.05) is 39.5 Å². The van der Waals surface area contributed by atoms with E-state index in [0.717, 1.165) is 38.5 Å². The molecule has 1 aromatic rings. The summed E-state index contributed by atoms with van der Waals surface area (Å²) in [5, 5.41) is 11.4. The zero-order chi connectivity index (χ0) is 18.8. The molecule has 1 saturated carbocycles. The van der Waals surface area contributed by atoms with Gasteiger partial charge in [0.1, 0.15) is 0 Å². The van der Waals surface area contributed by atoms with Crippen LogP contribution in [0.25, 0.3) is 0 Å². The molecule has 0 saturated heterocycles. The van der Waals surface area contributed by atoms with Gasteiger partial charge in [0, 0.05) is 38.4 Å². The first-order chi connectivity index (χ1) is 12.7. The first-order valence-electron chi connectivity index (χ1n) is 10.3. The molecule has 1 aromatic heterocycles. The minimum atomic E-state index is 0. The quantitative estimate of drug-likeness (QED) is 0.192. The number of aromatic nitrogens is 2. The molecule has 2 N–H and O–H groups in total. The summed E-state index contributed by atoms with van der Waals surface area (Å²) in [4.78, 5) is 4.33. The Morgan fingerprint density at radius 1 is 1.15 bits per heavy atom. The van der Waals surface area contributed by atoms with E-state index < -0.39 is 0 Å². The van der Waals surface area contributed by atoms with E-state index in [-0.39, 0.29) is 24.0 Å². The van der Waals surface area contributed by atoms with Crippen LogP contribution in [0.3, 0.4) is 0 Å². The topological polar surface area (TPSA) is 63.5 Å². The molecule has 0 aromatic carbocycles. The second-order valence-corrected chi connectivity index (χ2v) is 7.04. The van der Waals surface area contributed by atoms with Gasteiger partial charge in [0.25, 0.3) is 0 Å². The summed E-state index contributed by atoms with van der Waals surface area (Å²) >= 11 is 0. The van der Waals surface area contributed by atoms with Crippen LogP contribution in [0.5, 0.6) is 0 Å². The van der Waals surface area contributed by atoms with E-state index in [1.807, 2.05) is 18.8 Å². The number of aliphatic imine (C=N–C) groups is 1. The Morgan fingerprint density at radius 3 is 2.44 bits per heavy atom. The lowest BCUT2D eigenvalue weighted by atomic mass is 10.1. The number of rotatable bonds is 8. The van der Waals surface area contributed by atoms with Gasteiger partial charge in [-0.25, -0.2) is 0 Å². The second kappa shape index (κ2) is 13.4. The molecule has 0 amide bonds. The Labute approximate surface area is 181 Å². The van der Waals surface area contributed by atoms with Gasteiger partial charge < -0.3 is 15.4 Å². The van der Waals surface area contributed by atoms with E-state index in [1.165, 1.54) is 55.5 Å². The maximum atomic E-state index is 6.04. The maximum Gasteiger partial charge on any atom is 0.191 e. The Kier molecular flexibility index (Phi) is 12.0. The predicted molar refractivity (Wildman–Crippen MR) is 123 cm³/mol. The number of nitrogens with zero attached hydrogens (tertiary/aromatic N) is 3. The van der Waals surface area contributed by atoms with E-state index in [9.17, 15) is 0 Å². The Morgan fingerprint density at radius 2 is 1.85 bits per heavy atom. The fourth-order valence-corrected chi connectivity index (χ4v) is 3.79. The number of hydrogen-bond acceptors (Lipinski definition) is 3. The summed E-state index contributed by atoms with van der Waals surface area (Å²) in [6.45, 7) is 6.60. The van der Waals surface area contributed by atoms with E-state index >= 15 is 0 Å². The highest BCUT2D eigenvalue weighted by Crippen LogP contribution is 2.19. The van der Waals surface area contributed by atoms with Crippen molar-refractivity contribution < 1.29 is 4.74 Å². The molecule has 0 bridgehead atoms. The lowest BCUT2D eigenvalue weighted by molar-refractivity contribution is 0.0468. The average molecular weight is 491 g/mol. The number of halogens is 1. The summed E-state index contributed by atoms with van der Waals surface area (Å²) in [6, 6.07) is 0. The summed E-state index contributed by atoms with van der Waals surface area (Å²) in [7, 11) is 3.84. The molecular formula is C20H38IN5O. The van der Waals surface area contributed by atoms with E-state index in [2.05, 4.69) is 34.6 Å². The van der Waals surface area contributed by atoms with Crippen molar-refractivity contribution in [1.82, 2.24) is 20.4 Å². The van der Waals surface area contributed by atoms with Crippen LogP contribution in [0.2, 0.25) is 0 Å². The van der Waals surface area contributed by atoms with Gasteiger partial charge in [0.05, 0.1) is 18.4 Å². The highest BCUT2D eigenvalue weighted by Gasteiger charge is 2.14. The molecule has 27 heavy (non-hydrogen) atoms. The van der Waals surface area contributed by atoms with Gasteiger partial charge in [-0.05, 0) is 25.7 Å². The van der Waals surface area contributed by atoms with Gasteiger partial charge in [-0.3, -0.25) is 9.67 Å². The molecule has 2 rings (SSSR count). The van der Waals surface area contributed by atoms with Crippen molar-refractivity contribution in [1.29, 1.82) is 0 Å². The minimum Gasteiger partial charge on any atom is -0.376 e. The monoisotopic (exact) mass is 491 g/mol. The maximum absolute atomic E-state index is 6.04. The standard InChI is InChI=1S/C20H37N5O.HI/c1-5-18-17(19(6-2)25(4)24-18)15-23-20(21-3)22-13-14-26-16-11-9-7-8-10-12-16;/h16H,5-15H2,1-4H3,(H2,21,22,23);1H. The molecule has 1 heterocycles. The molecule has 0 radical (unpaired) electrons. The van der Waals surface area contributed by atoms with Crippen LogP contribution in [0.1, 0.15) is 69.3 Å². The Hall–Kier alpha value is -0.830. The molecular weight excluding hydrogens is 453 g/mol. The van der Waals surface area contributed by atoms with Crippen LogP contribution in [0, 0.1) is 0 Å². The number of ether oxygens (including phenoxy) is 1. The molecule has 156 valence electrons. The summed E-state index contributed by atoms with van der Waals surface area (Å²) < 4.78 is 8.04. The fraction of sp³-hybridized carbons (Fsp3) is 0.800. The molecule has 1 fully saturated rings. The van der Waals surface area contributed by atoms with Crippen molar-refractivity contribution >= 4 is 29.9 Å². The van der Waals surface area contributed by atoms with Crippen molar-refractivity contribution in [3.8, 4) is 0 Å². The molecule has 7 heteroatoms. The van der Waals surface area contributed by atoms with Crippen LogP contribution in [-0.2, 0) is 31.2 Å². The van der Waals surface area contributed by atoms with Crippen LogP contribution in [0.15, 0.2) is 4.99 Å². The SMILES string of the molecule is CCc1nn(C)c(CC)c1CNC(=NC)NCCOC1CCCCCC1.I. The second-order valence-electron chi connectivity index (χ2n) is 7.04. The average Bonchev–Trinajstić information content (AvgIpc) is 2.80. The lowest BCUT2D eigenvalue weighted by Crippen LogP contribution is -2.39. The van der Waals surface area contributed by atoms with Crippen molar-refractivity contribution in [2.75, 3.05) is 20.2 Å². The highest BCUT2D eigenvalue weighted by atomic mass is 127. The zero-order valence-electron chi connectivity index (χ0n) is 17.5. The van der Waals surface area contributed by atoms with Crippen LogP contribution in [0.4, 0.5) is 0 Å². The van der Waals surface area contributed by atoms with Crippen LogP contribution in [-0.4, -0.2) is 42.0 Å². The third-order valence-corrected chi connectivity index (χ3v) is 5.23. The van der Waals surface area contributed by atoms with Gasteiger partial charge in [-0.15, -0.1) is 24.0 Å². The number of guanidine groups is 1. The zero-order valence-corrected chi connectivity index (χ0v) is 19.8. The van der Waals surface area contributed by atoms with Crippen molar-refractivity contribution in [2.24, 2.45) is 12.0 Å². The van der Waals surface area contributed by atoms with E-state index in [1.54, 1.807) is 0 Å². The van der Waals surface area contributed by atoms with Crippen molar-refractivity contribution in [3.05, 3.63) is 17.0 Å². The van der Waals surface area contributed by atoms with E-state index in [0.29, 0.717) is 6.10 Å². The Bertz CT molecular complexity index is 565.